The lowest BCUT2D eigenvalue weighted by atomic mass is 10.3. The Bertz CT molecular complexity index is 173. The van der Waals surface area contributed by atoms with Crippen molar-refractivity contribution in [3.63, 3.8) is 0 Å². The van der Waals surface area contributed by atoms with Gasteiger partial charge in [-0.25, -0.2) is 0 Å². The van der Waals surface area contributed by atoms with E-state index in [1.165, 1.54) is 12.8 Å². The number of ether oxygens (including phenoxy) is 1. The molecule has 1 fully saturated rings. The van der Waals surface area contributed by atoms with Crippen LogP contribution in [0.15, 0.2) is 0 Å². The molecule has 0 atom stereocenters. The predicted molar refractivity (Wildman–Crippen MR) is 46.9 cm³/mol. The van der Waals surface area contributed by atoms with Crippen LogP contribution in [0.3, 0.4) is 0 Å². The van der Waals surface area contributed by atoms with E-state index in [4.69, 9.17) is 4.74 Å². The molecule has 0 spiro atoms. The molecule has 0 aromatic heterocycles. The van der Waals surface area contributed by atoms with E-state index in [0.717, 1.165) is 0 Å². The molecule has 12 heavy (non-hydrogen) atoms. The van der Waals surface area contributed by atoms with Gasteiger partial charge in [0.1, 0.15) is 0 Å². The fourth-order valence-electron chi connectivity index (χ4n) is 0.954. The van der Waals surface area contributed by atoms with Crippen LogP contribution in [0.5, 0.6) is 0 Å². The molecule has 1 aliphatic rings. The van der Waals surface area contributed by atoms with Crippen molar-refractivity contribution in [3.05, 3.63) is 0 Å². The van der Waals surface area contributed by atoms with E-state index in [9.17, 15) is 4.79 Å². The minimum absolute atomic E-state index is 0.00805. The van der Waals surface area contributed by atoms with E-state index in [1.54, 1.807) is 0 Å². The Morgan fingerprint density at radius 2 is 2.17 bits per heavy atom. The molecule has 0 amide bonds. The van der Waals surface area contributed by atoms with Crippen molar-refractivity contribution in [1.82, 2.24) is 5.32 Å². The molecule has 0 aromatic carbocycles. The second-order valence-electron chi connectivity index (χ2n) is 3.95. The fourth-order valence-corrected chi connectivity index (χ4v) is 0.954. The number of nitrogens with one attached hydrogen (secondary N) is 1. The summed E-state index contributed by atoms with van der Waals surface area (Å²) in [6.07, 6.45) is 2.33. The number of rotatable bonds is 4. The van der Waals surface area contributed by atoms with Gasteiger partial charge in [-0.1, -0.05) is 0 Å². The topological polar surface area (TPSA) is 38.3 Å². The normalized spacial score (nSPS) is 19.3. The van der Waals surface area contributed by atoms with Crippen LogP contribution < -0.4 is 5.32 Å². The van der Waals surface area contributed by atoms with Gasteiger partial charge in [-0.05, 0) is 33.6 Å². The Kier molecular flexibility index (Phi) is 2.73. The van der Waals surface area contributed by atoms with E-state index in [2.05, 4.69) is 12.2 Å². The number of carbonyl (C=O) groups is 1. The third-order valence-corrected chi connectivity index (χ3v) is 2.03. The summed E-state index contributed by atoms with van der Waals surface area (Å²) in [5, 5.41) is 3.16. The van der Waals surface area contributed by atoms with Gasteiger partial charge in [0.2, 0.25) is 0 Å². The molecule has 0 aromatic rings. The van der Waals surface area contributed by atoms with Gasteiger partial charge in [0, 0.05) is 5.54 Å². The quantitative estimate of drug-likeness (QED) is 0.643. The van der Waals surface area contributed by atoms with Crippen LogP contribution in [0.4, 0.5) is 0 Å². The number of hydrogen-bond donors (Lipinski definition) is 1. The molecule has 0 unspecified atom stereocenters. The third kappa shape index (κ3) is 3.22. The SMILES string of the molecule is CC(C)OC(=O)CNC1(C)CC1. The first kappa shape index (κ1) is 9.52. The third-order valence-electron chi connectivity index (χ3n) is 2.03. The van der Waals surface area contributed by atoms with Crippen LogP contribution in [0.25, 0.3) is 0 Å². The maximum Gasteiger partial charge on any atom is 0.320 e. The van der Waals surface area contributed by atoms with Gasteiger partial charge < -0.3 is 10.1 Å². The van der Waals surface area contributed by atoms with E-state index in [0.29, 0.717) is 6.54 Å². The molecule has 1 N–H and O–H groups in total. The van der Waals surface area contributed by atoms with Crippen LogP contribution >= 0.6 is 0 Å². The lowest BCUT2D eigenvalue weighted by Crippen LogP contribution is -2.34. The maximum atomic E-state index is 11.0. The molecule has 1 aliphatic carbocycles. The highest BCUT2D eigenvalue weighted by molar-refractivity contribution is 5.71. The highest BCUT2D eigenvalue weighted by Gasteiger charge is 2.36. The second kappa shape index (κ2) is 3.44. The first-order chi connectivity index (χ1) is 5.52. The minimum Gasteiger partial charge on any atom is -0.462 e. The molecule has 0 bridgehead atoms. The summed E-state index contributed by atoms with van der Waals surface area (Å²) < 4.78 is 4.97. The molecular weight excluding hydrogens is 154 g/mol. The fraction of sp³-hybridized carbons (Fsp3) is 0.889. The van der Waals surface area contributed by atoms with Crippen molar-refractivity contribution < 1.29 is 9.53 Å². The molecule has 70 valence electrons. The Balaban J connectivity index is 2.10. The molecule has 0 heterocycles. The average molecular weight is 171 g/mol. The first-order valence-corrected chi connectivity index (χ1v) is 4.46. The predicted octanol–water partition coefficient (Wildman–Crippen LogP) is 1.08. The summed E-state index contributed by atoms with van der Waals surface area (Å²) in [6.45, 7) is 6.18. The van der Waals surface area contributed by atoms with Gasteiger partial charge in [-0.2, -0.15) is 0 Å². The van der Waals surface area contributed by atoms with Crippen molar-refractivity contribution in [2.45, 2.75) is 45.3 Å². The van der Waals surface area contributed by atoms with Crippen molar-refractivity contribution in [3.8, 4) is 0 Å². The van der Waals surface area contributed by atoms with Crippen molar-refractivity contribution in [2.24, 2.45) is 0 Å². The average Bonchev–Trinajstić information content (AvgIpc) is 2.64. The van der Waals surface area contributed by atoms with Crippen molar-refractivity contribution >= 4 is 5.97 Å². The summed E-state index contributed by atoms with van der Waals surface area (Å²) in [5.41, 5.74) is 0.218. The lowest BCUT2D eigenvalue weighted by molar-refractivity contribution is -0.146. The molecule has 0 aliphatic heterocycles. The first-order valence-electron chi connectivity index (χ1n) is 4.46. The highest BCUT2D eigenvalue weighted by Crippen LogP contribution is 2.33. The standard InChI is InChI=1S/C9H17NO2/c1-7(2)12-8(11)6-10-9(3)4-5-9/h7,10H,4-6H2,1-3H3. The lowest BCUT2D eigenvalue weighted by Gasteiger charge is -2.12. The monoisotopic (exact) mass is 171 g/mol. The summed E-state index contributed by atoms with van der Waals surface area (Å²) in [6, 6.07) is 0. The summed E-state index contributed by atoms with van der Waals surface area (Å²) in [4.78, 5) is 11.0. The zero-order valence-electron chi connectivity index (χ0n) is 8.02. The van der Waals surface area contributed by atoms with Crippen LogP contribution in [0.1, 0.15) is 33.6 Å². The number of esters is 1. The Labute approximate surface area is 73.5 Å². The molecule has 0 saturated heterocycles. The van der Waals surface area contributed by atoms with Gasteiger partial charge in [0.25, 0.3) is 0 Å². The van der Waals surface area contributed by atoms with E-state index < -0.39 is 0 Å². The highest BCUT2D eigenvalue weighted by atomic mass is 16.5. The summed E-state index contributed by atoms with van der Waals surface area (Å²) >= 11 is 0. The van der Waals surface area contributed by atoms with Gasteiger partial charge in [0.15, 0.2) is 0 Å². The van der Waals surface area contributed by atoms with Crippen LogP contribution in [-0.2, 0) is 9.53 Å². The zero-order valence-corrected chi connectivity index (χ0v) is 8.02. The van der Waals surface area contributed by atoms with E-state index in [1.807, 2.05) is 13.8 Å². The number of carbonyl (C=O) groups excluding carboxylic acids is 1. The smallest absolute Gasteiger partial charge is 0.320 e. The largest absolute Gasteiger partial charge is 0.462 e. The van der Waals surface area contributed by atoms with Gasteiger partial charge in [-0.3, -0.25) is 4.79 Å². The Hall–Kier alpha value is -0.570. The second-order valence-corrected chi connectivity index (χ2v) is 3.95. The zero-order chi connectivity index (χ0) is 9.19. The van der Waals surface area contributed by atoms with Gasteiger partial charge >= 0.3 is 5.97 Å². The Morgan fingerprint density at radius 3 is 2.58 bits per heavy atom. The molecule has 3 heteroatoms. The maximum absolute atomic E-state index is 11.0. The van der Waals surface area contributed by atoms with Gasteiger partial charge in [-0.15, -0.1) is 0 Å². The molecule has 1 rings (SSSR count). The molecular formula is C9H17NO2. The molecule has 1 saturated carbocycles. The van der Waals surface area contributed by atoms with Crippen LogP contribution in [0, 0.1) is 0 Å². The minimum atomic E-state index is -0.155. The van der Waals surface area contributed by atoms with Crippen LogP contribution in [0.2, 0.25) is 0 Å². The van der Waals surface area contributed by atoms with Crippen molar-refractivity contribution in [1.29, 1.82) is 0 Å². The van der Waals surface area contributed by atoms with Crippen molar-refractivity contribution in [2.75, 3.05) is 6.54 Å². The van der Waals surface area contributed by atoms with E-state index >= 15 is 0 Å². The number of hydrogen-bond acceptors (Lipinski definition) is 3. The molecule has 3 nitrogen and oxygen atoms in total. The van der Waals surface area contributed by atoms with Gasteiger partial charge in [0.05, 0.1) is 12.6 Å². The summed E-state index contributed by atoms with van der Waals surface area (Å²) in [7, 11) is 0. The Morgan fingerprint density at radius 1 is 1.58 bits per heavy atom. The molecule has 0 radical (unpaired) electrons. The van der Waals surface area contributed by atoms with Crippen LogP contribution in [-0.4, -0.2) is 24.2 Å². The summed E-state index contributed by atoms with van der Waals surface area (Å²) in [5.74, 6) is -0.155. The van der Waals surface area contributed by atoms with E-state index in [-0.39, 0.29) is 17.6 Å².